The third kappa shape index (κ3) is 2.62. The van der Waals surface area contributed by atoms with Crippen LogP contribution < -0.4 is 10.0 Å². The normalized spacial score (nSPS) is 23.9. The van der Waals surface area contributed by atoms with Crippen molar-refractivity contribution in [3.05, 3.63) is 23.8 Å². The van der Waals surface area contributed by atoms with Crippen LogP contribution in [0, 0.1) is 0 Å². The molecule has 0 saturated carbocycles. The number of hydrogen-bond donors (Lipinski definition) is 1. The predicted molar refractivity (Wildman–Crippen MR) is 85.5 cm³/mol. The van der Waals surface area contributed by atoms with E-state index >= 15 is 0 Å². The summed E-state index contributed by atoms with van der Waals surface area (Å²) in [5.74, 6) is 0. The Morgan fingerprint density at radius 2 is 2.00 bits per heavy atom. The first-order valence-corrected chi connectivity index (χ1v) is 9.08. The Kier molecular flexibility index (Phi) is 3.84. The van der Waals surface area contributed by atoms with Gasteiger partial charge in [-0.2, -0.15) is 12.7 Å². The summed E-state index contributed by atoms with van der Waals surface area (Å²) < 4.78 is 29.3. The van der Waals surface area contributed by atoms with Crippen LogP contribution in [0.2, 0.25) is 0 Å². The average Bonchev–Trinajstić information content (AvgIpc) is 2.46. The number of nitrogens with zero attached hydrogens (tertiary/aromatic N) is 2. The molecular weight excluding hydrogens is 286 g/mol. The number of nitrogens with two attached hydrogens (primary N) is 1. The van der Waals surface area contributed by atoms with E-state index in [2.05, 4.69) is 0 Å². The Morgan fingerprint density at radius 1 is 1.19 bits per heavy atom. The van der Waals surface area contributed by atoms with Crippen LogP contribution in [0.1, 0.15) is 38.2 Å². The number of aryl methyl sites for hydroxylation is 1. The number of anilines is 2. The van der Waals surface area contributed by atoms with Gasteiger partial charge in [0, 0.05) is 24.8 Å². The van der Waals surface area contributed by atoms with Crippen molar-refractivity contribution in [3.63, 3.8) is 0 Å². The molecule has 0 radical (unpaired) electrons. The molecule has 1 atom stereocenters. The fourth-order valence-electron chi connectivity index (χ4n) is 3.34. The van der Waals surface area contributed by atoms with Gasteiger partial charge in [0.1, 0.15) is 0 Å². The Bertz CT molecular complexity index is 630. The lowest BCUT2D eigenvalue weighted by Gasteiger charge is -2.39. The molecule has 1 fully saturated rings. The topological polar surface area (TPSA) is 66.6 Å². The lowest BCUT2D eigenvalue weighted by Crippen LogP contribution is -2.51. The second-order valence-electron chi connectivity index (χ2n) is 6.03. The summed E-state index contributed by atoms with van der Waals surface area (Å²) in [5, 5.41) is 0. The number of piperidine rings is 1. The Morgan fingerprint density at radius 3 is 2.76 bits per heavy atom. The number of nitrogen functional groups attached to an aromatic ring is 1. The predicted octanol–water partition coefficient (Wildman–Crippen LogP) is 2.14. The molecule has 6 heteroatoms. The summed E-state index contributed by atoms with van der Waals surface area (Å²) in [6.07, 6.45) is 4.77. The molecule has 0 bridgehead atoms. The molecule has 21 heavy (non-hydrogen) atoms. The molecule has 3 rings (SSSR count). The summed E-state index contributed by atoms with van der Waals surface area (Å²) in [6, 6.07) is 5.67. The van der Waals surface area contributed by atoms with E-state index in [1.807, 2.05) is 19.1 Å². The molecule has 1 aromatic carbocycles. The standard InChI is InChI=1S/C15H23N3O2S/c1-12-5-2-3-9-17(12)21(19,20)18-10-4-6-13-7-8-14(16)11-15(13)18/h7-8,11-12H,2-6,9-10,16H2,1H3. The van der Waals surface area contributed by atoms with Gasteiger partial charge in [-0.1, -0.05) is 12.5 Å². The average molecular weight is 309 g/mol. The molecule has 2 aliphatic rings. The van der Waals surface area contributed by atoms with Gasteiger partial charge in [0.05, 0.1) is 5.69 Å². The van der Waals surface area contributed by atoms with Crippen molar-refractivity contribution < 1.29 is 8.42 Å². The smallest absolute Gasteiger partial charge is 0.304 e. The van der Waals surface area contributed by atoms with Crippen LogP contribution in [0.5, 0.6) is 0 Å². The van der Waals surface area contributed by atoms with Crippen molar-refractivity contribution >= 4 is 21.6 Å². The van der Waals surface area contributed by atoms with E-state index in [1.165, 1.54) is 0 Å². The minimum absolute atomic E-state index is 0.0789. The van der Waals surface area contributed by atoms with E-state index in [0.717, 1.165) is 43.4 Å². The quantitative estimate of drug-likeness (QED) is 0.851. The van der Waals surface area contributed by atoms with Crippen molar-refractivity contribution in [1.29, 1.82) is 0 Å². The summed E-state index contributed by atoms with van der Waals surface area (Å²) in [4.78, 5) is 0. The molecule has 2 N–H and O–H groups in total. The van der Waals surface area contributed by atoms with Crippen molar-refractivity contribution in [2.75, 3.05) is 23.1 Å². The lowest BCUT2D eigenvalue weighted by atomic mass is 10.0. The SMILES string of the molecule is CC1CCCCN1S(=O)(=O)N1CCCc2ccc(N)cc21. The van der Waals surface area contributed by atoms with Crippen LogP contribution in [0.4, 0.5) is 11.4 Å². The van der Waals surface area contributed by atoms with E-state index < -0.39 is 10.2 Å². The zero-order valence-corrected chi connectivity index (χ0v) is 13.3. The fraction of sp³-hybridized carbons (Fsp3) is 0.600. The van der Waals surface area contributed by atoms with E-state index in [9.17, 15) is 8.42 Å². The van der Waals surface area contributed by atoms with Crippen molar-refractivity contribution in [3.8, 4) is 0 Å². The Balaban J connectivity index is 1.99. The molecule has 5 nitrogen and oxygen atoms in total. The molecule has 116 valence electrons. The van der Waals surface area contributed by atoms with Crippen LogP contribution in [-0.4, -0.2) is 31.9 Å². The van der Waals surface area contributed by atoms with Gasteiger partial charge < -0.3 is 5.73 Å². The minimum atomic E-state index is -3.45. The molecule has 0 aromatic heterocycles. The minimum Gasteiger partial charge on any atom is -0.399 e. The van der Waals surface area contributed by atoms with Crippen LogP contribution in [0.15, 0.2) is 18.2 Å². The zero-order chi connectivity index (χ0) is 15.0. The molecule has 1 saturated heterocycles. The maximum absolute atomic E-state index is 13.0. The first kappa shape index (κ1) is 14.7. The first-order valence-electron chi connectivity index (χ1n) is 7.68. The van der Waals surface area contributed by atoms with Gasteiger partial charge in [-0.05, 0) is 50.3 Å². The number of hydrogen-bond acceptors (Lipinski definition) is 3. The maximum Gasteiger partial charge on any atom is 0.304 e. The van der Waals surface area contributed by atoms with E-state index in [1.54, 1.807) is 14.7 Å². The molecule has 0 aliphatic carbocycles. The van der Waals surface area contributed by atoms with E-state index in [0.29, 0.717) is 18.8 Å². The van der Waals surface area contributed by atoms with Crippen LogP contribution in [0.25, 0.3) is 0 Å². The fourth-order valence-corrected chi connectivity index (χ4v) is 5.29. The van der Waals surface area contributed by atoms with Crippen molar-refractivity contribution in [1.82, 2.24) is 4.31 Å². The van der Waals surface area contributed by atoms with Gasteiger partial charge in [-0.15, -0.1) is 0 Å². The van der Waals surface area contributed by atoms with Crippen LogP contribution in [-0.2, 0) is 16.6 Å². The second kappa shape index (κ2) is 5.50. The molecule has 1 aromatic rings. The van der Waals surface area contributed by atoms with Crippen LogP contribution >= 0.6 is 0 Å². The van der Waals surface area contributed by atoms with E-state index in [-0.39, 0.29) is 6.04 Å². The highest BCUT2D eigenvalue weighted by Gasteiger charge is 2.36. The monoisotopic (exact) mass is 309 g/mol. The third-order valence-electron chi connectivity index (χ3n) is 4.50. The maximum atomic E-state index is 13.0. The third-order valence-corrected chi connectivity index (χ3v) is 6.57. The number of fused-ring (bicyclic) bond motifs is 1. The molecule has 0 amide bonds. The van der Waals surface area contributed by atoms with Gasteiger partial charge in [-0.25, -0.2) is 0 Å². The van der Waals surface area contributed by atoms with Gasteiger partial charge in [0.15, 0.2) is 0 Å². The summed E-state index contributed by atoms with van der Waals surface area (Å²) in [6.45, 7) is 3.17. The summed E-state index contributed by atoms with van der Waals surface area (Å²) >= 11 is 0. The largest absolute Gasteiger partial charge is 0.399 e. The van der Waals surface area contributed by atoms with Gasteiger partial charge in [0.25, 0.3) is 0 Å². The van der Waals surface area contributed by atoms with Crippen molar-refractivity contribution in [2.45, 2.75) is 45.1 Å². The second-order valence-corrected chi connectivity index (χ2v) is 7.83. The summed E-state index contributed by atoms with van der Waals surface area (Å²) in [5.41, 5.74) is 8.31. The van der Waals surface area contributed by atoms with E-state index in [4.69, 9.17) is 5.73 Å². The first-order chi connectivity index (χ1) is 10.00. The van der Waals surface area contributed by atoms with Gasteiger partial charge in [0.2, 0.25) is 0 Å². The highest BCUT2D eigenvalue weighted by molar-refractivity contribution is 7.90. The molecular formula is C15H23N3O2S. The van der Waals surface area contributed by atoms with Crippen molar-refractivity contribution in [2.24, 2.45) is 0 Å². The molecule has 2 heterocycles. The number of rotatable bonds is 2. The Hall–Kier alpha value is -1.27. The van der Waals surface area contributed by atoms with Gasteiger partial charge >= 0.3 is 10.2 Å². The summed E-state index contributed by atoms with van der Waals surface area (Å²) in [7, 11) is -3.45. The number of benzene rings is 1. The van der Waals surface area contributed by atoms with Gasteiger partial charge in [-0.3, -0.25) is 4.31 Å². The van der Waals surface area contributed by atoms with Crippen LogP contribution in [0.3, 0.4) is 0 Å². The highest BCUT2D eigenvalue weighted by atomic mass is 32.2. The Labute approximate surface area is 126 Å². The zero-order valence-electron chi connectivity index (χ0n) is 12.5. The lowest BCUT2D eigenvalue weighted by molar-refractivity contribution is 0.267. The highest BCUT2D eigenvalue weighted by Crippen LogP contribution is 2.33. The molecule has 0 spiro atoms. The molecule has 1 unspecified atom stereocenters. The molecule has 2 aliphatic heterocycles.